The number of methoxy groups -OCH3 is 2. The molecular formula is C18H18N2O7. The second-order valence-electron chi connectivity index (χ2n) is 5.41. The highest BCUT2D eigenvalue weighted by Crippen LogP contribution is 2.25. The molecule has 0 aliphatic heterocycles. The minimum absolute atomic E-state index is 0.0125. The van der Waals surface area contributed by atoms with Gasteiger partial charge in [0.1, 0.15) is 17.2 Å². The molecule has 0 heterocycles. The summed E-state index contributed by atoms with van der Waals surface area (Å²) in [5.41, 5.74) is -0.114. The number of nitro groups is 1. The predicted octanol–water partition coefficient (Wildman–Crippen LogP) is 2.80. The second-order valence-corrected chi connectivity index (χ2v) is 5.41. The van der Waals surface area contributed by atoms with E-state index in [1.165, 1.54) is 51.5 Å². The number of anilines is 1. The van der Waals surface area contributed by atoms with Crippen LogP contribution < -0.4 is 14.8 Å². The smallest absolute Gasteiger partial charge is 0.339 e. The SMILES string of the molecule is COc1cc(OC)cc(C(=O)O[C@H](C)C(=O)Nc2ccccc2[N+](=O)[O-])c1. The van der Waals surface area contributed by atoms with Gasteiger partial charge in [-0.15, -0.1) is 0 Å². The van der Waals surface area contributed by atoms with Gasteiger partial charge in [-0.05, 0) is 25.1 Å². The first kappa shape index (κ1) is 19.7. The molecule has 0 aliphatic rings. The Balaban J connectivity index is 2.10. The van der Waals surface area contributed by atoms with Gasteiger partial charge in [0.15, 0.2) is 6.10 Å². The first-order valence-electron chi connectivity index (χ1n) is 7.84. The van der Waals surface area contributed by atoms with E-state index in [-0.39, 0.29) is 16.9 Å². The number of nitrogens with one attached hydrogen (secondary N) is 1. The van der Waals surface area contributed by atoms with Crippen molar-refractivity contribution in [3.8, 4) is 11.5 Å². The maximum Gasteiger partial charge on any atom is 0.339 e. The third-order valence-electron chi connectivity index (χ3n) is 3.60. The van der Waals surface area contributed by atoms with Crippen molar-refractivity contribution >= 4 is 23.3 Å². The fourth-order valence-electron chi connectivity index (χ4n) is 2.18. The van der Waals surface area contributed by atoms with Gasteiger partial charge in [0.05, 0.1) is 24.7 Å². The highest BCUT2D eigenvalue weighted by Gasteiger charge is 2.22. The Morgan fingerprint density at radius 2 is 1.67 bits per heavy atom. The molecule has 2 aromatic rings. The van der Waals surface area contributed by atoms with E-state index in [2.05, 4.69) is 5.32 Å². The third-order valence-corrected chi connectivity index (χ3v) is 3.60. The van der Waals surface area contributed by atoms with Gasteiger partial charge in [0, 0.05) is 12.1 Å². The summed E-state index contributed by atoms with van der Waals surface area (Å²) >= 11 is 0. The van der Waals surface area contributed by atoms with Gasteiger partial charge in [0.2, 0.25) is 0 Å². The van der Waals surface area contributed by atoms with Gasteiger partial charge in [-0.2, -0.15) is 0 Å². The van der Waals surface area contributed by atoms with Crippen LogP contribution in [0.4, 0.5) is 11.4 Å². The Morgan fingerprint density at radius 1 is 1.07 bits per heavy atom. The van der Waals surface area contributed by atoms with Crippen molar-refractivity contribution in [1.82, 2.24) is 0 Å². The summed E-state index contributed by atoms with van der Waals surface area (Å²) in [6, 6.07) is 10.1. The number of rotatable bonds is 7. The number of hydrogen-bond acceptors (Lipinski definition) is 7. The molecule has 1 atom stereocenters. The van der Waals surface area contributed by atoms with E-state index >= 15 is 0 Å². The van der Waals surface area contributed by atoms with Crippen LogP contribution in [0.1, 0.15) is 17.3 Å². The van der Waals surface area contributed by atoms with Crippen molar-refractivity contribution in [2.45, 2.75) is 13.0 Å². The molecule has 9 nitrogen and oxygen atoms in total. The molecular weight excluding hydrogens is 356 g/mol. The molecule has 1 amide bonds. The van der Waals surface area contributed by atoms with Gasteiger partial charge < -0.3 is 19.5 Å². The number of hydrogen-bond donors (Lipinski definition) is 1. The number of benzene rings is 2. The van der Waals surface area contributed by atoms with Crippen molar-refractivity contribution in [3.05, 3.63) is 58.1 Å². The molecule has 142 valence electrons. The number of carbonyl (C=O) groups excluding carboxylic acids is 2. The van der Waals surface area contributed by atoms with E-state index in [0.717, 1.165) is 0 Å². The van der Waals surface area contributed by atoms with Crippen LogP contribution in [0.2, 0.25) is 0 Å². The molecule has 0 spiro atoms. The first-order chi connectivity index (χ1) is 12.8. The average Bonchev–Trinajstić information content (AvgIpc) is 2.67. The highest BCUT2D eigenvalue weighted by molar-refractivity contribution is 5.98. The minimum atomic E-state index is -1.19. The fraction of sp³-hybridized carbons (Fsp3) is 0.222. The van der Waals surface area contributed by atoms with Crippen LogP contribution in [-0.2, 0) is 9.53 Å². The Morgan fingerprint density at radius 3 is 2.22 bits per heavy atom. The molecule has 0 fully saturated rings. The highest BCUT2D eigenvalue weighted by atomic mass is 16.6. The molecule has 2 rings (SSSR count). The molecule has 0 aliphatic carbocycles. The van der Waals surface area contributed by atoms with Crippen LogP contribution >= 0.6 is 0 Å². The molecule has 0 unspecified atom stereocenters. The first-order valence-corrected chi connectivity index (χ1v) is 7.84. The number of esters is 1. The van der Waals surface area contributed by atoms with Crippen molar-refractivity contribution in [2.75, 3.05) is 19.5 Å². The van der Waals surface area contributed by atoms with Crippen molar-refractivity contribution in [1.29, 1.82) is 0 Å². The number of ether oxygens (including phenoxy) is 3. The normalized spacial score (nSPS) is 11.2. The molecule has 1 N–H and O–H groups in total. The fourth-order valence-corrected chi connectivity index (χ4v) is 2.18. The lowest BCUT2D eigenvalue weighted by Gasteiger charge is -2.14. The number of nitro benzene ring substituents is 1. The summed E-state index contributed by atoms with van der Waals surface area (Å²) in [4.78, 5) is 34.9. The summed E-state index contributed by atoms with van der Waals surface area (Å²) in [6.07, 6.45) is -1.19. The molecule has 0 radical (unpaired) electrons. The van der Waals surface area contributed by atoms with E-state index in [0.29, 0.717) is 11.5 Å². The maximum atomic E-state index is 12.3. The van der Waals surface area contributed by atoms with Crippen molar-refractivity contribution < 1.29 is 28.7 Å². The molecule has 2 aromatic carbocycles. The van der Waals surface area contributed by atoms with Crippen LogP contribution in [0.3, 0.4) is 0 Å². The summed E-state index contributed by atoms with van der Waals surface area (Å²) in [7, 11) is 2.87. The number of nitrogens with zero attached hydrogens (tertiary/aromatic N) is 1. The minimum Gasteiger partial charge on any atom is -0.497 e. The topological polar surface area (TPSA) is 117 Å². The van der Waals surface area contributed by atoms with E-state index in [1.807, 2.05) is 0 Å². The van der Waals surface area contributed by atoms with Crippen LogP contribution in [0.15, 0.2) is 42.5 Å². The van der Waals surface area contributed by atoms with Gasteiger partial charge in [-0.25, -0.2) is 4.79 Å². The summed E-state index contributed by atoms with van der Waals surface area (Å²) in [5, 5.41) is 13.4. The zero-order valence-electron chi connectivity index (χ0n) is 14.9. The molecule has 27 heavy (non-hydrogen) atoms. The number of para-hydroxylation sites is 2. The summed E-state index contributed by atoms with van der Waals surface area (Å²) < 4.78 is 15.3. The maximum absolute atomic E-state index is 12.3. The summed E-state index contributed by atoms with van der Waals surface area (Å²) in [5.74, 6) is -0.693. The molecule has 0 aromatic heterocycles. The van der Waals surface area contributed by atoms with Crippen LogP contribution in [-0.4, -0.2) is 37.1 Å². The lowest BCUT2D eigenvalue weighted by molar-refractivity contribution is -0.383. The van der Waals surface area contributed by atoms with E-state index in [1.54, 1.807) is 12.1 Å². The van der Waals surface area contributed by atoms with Crippen LogP contribution in [0, 0.1) is 10.1 Å². The van der Waals surface area contributed by atoms with Crippen LogP contribution in [0.25, 0.3) is 0 Å². The second kappa shape index (κ2) is 8.65. The van der Waals surface area contributed by atoms with E-state index < -0.39 is 22.9 Å². The largest absolute Gasteiger partial charge is 0.497 e. The average molecular weight is 374 g/mol. The van der Waals surface area contributed by atoms with Gasteiger partial charge in [-0.1, -0.05) is 12.1 Å². The Labute approximate surface area is 155 Å². The zero-order valence-corrected chi connectivity index (χ0v) is 14.9. The zero-order chi connectivity index (χ0) is 20.0. The van der Waals surface area contributed by atoms with E-state index in [4.69, 9.17) is 14.2 Å². The number of carbonyl (C=O) groups is 2. The third kappa shape index (κ3) is 4.94. The molecule has 0 saturated carbocycles. The van der Waals surface area contributed by atoms with Gasteiger partial charge in [-0.3, -0.25) is 14.9 Å². The summed E-state index contributed by atoms with van der Waals surface area (Å²) in [6.45, 7) is 1.36. The van der Waals surface area contributed by atoms with Crippen molar-refractivity contribution in [3.63, 3.8) is 0 Å². The van der Waals surface area contributed by atoms with Crippen molar-refractivity contribution in [2.24, 2.45) is 0 Å². The number of amides is 1. The van der Waals surface area contributed by atoms with Gasteiger partial charge >= 0.3 is 5.97 Å². The molecule has 0 bridgehead atoms. The lowest BCUT2D eigenvalue weighted by atomic mass is 10.2. The Kier molecular flexibility index (Phi) is 6.32. The molecule has 0 saturated heterocycles. The monoisotopic (exact) mass is 374 g/mol. The van der Waals surface area contributed by atoms with E-state index in [9.17, 15) is 19.7 Å². The Hall–Kier alpha value is -3.62. The quantitative estimate of drug-likeness (QED) is 0.450. The standard InChI is InChI=1S/C18H18N2O7/c1-11(17(21)19-15-6-4-5-7-16(15)20(23)24)27-18(22)12-8-13(25-2)10-14(9-12)26-3/h4-11H,1-3H3,(H,19,21)/t11-/m1/s1. The van der Waals surface area contributed by atoms with Crippen LogP contribution in [0.5, 0.6) is 11.5 Å². The van der Waals surface area contributed by atoms with Gasteiger partial charge in [0.25, 0.3) is 11.6 Å². The lowest BCUT2D eigenvalue weighted by Crippen LogP contribution is -2.30. The molecule has 9 heteroatoms. The Bertz CT molecular complexity index is 844. The predicted molar refractivity (Wildman–Crippen MR) is 96.1 cm³/mol.